The standard InChI is InChI=1S/C8H15ClO/c1-3-4-5-6-8(2,10)7-9/h3,10H,1,4-7H2,2H3. The summed E-state index contributed by atoms with van der Waals surface area (Å²) in [4.78, 5) is 0. The van der Waals surface area contributed by atoms with Crippen LogP contribution >= 0.6 is 11.6 Å². The molecule has 1 unspecified atom stereocenters. The normalized spacial score (nSPS) is 16.3. The van der Waals surface area contributed by atoms with Gasteiger partial charge in [-0.15, -0.1) is 18.2 Å². The molecule has 0 aromatic rings. The van der Waals surface area contributed by atoms with Crippen molar-refractivity contribution in [3.63, 3.8) is 0 Å². The first-order valence-electron chi connectivity index (χ1n) is 3.51. The maximum Gasteiger partial charge on any atom is 0.0754 e. The average Bonchev–Trinajstić information content (AvgIpc) is 1.89. The number of hydrogen-bond acceptors (Lipinski definition) is 1. The monoisotopic (exact) mass is 162 g/mol. The lowest BCUT2D eigenvalue weighted by molar-refractivity contribution is 0.0727. The molecule has 0 radical (unpaired) electrons. The predicted molar refractivity (Wildman–Crippen MR) is 45.4 cm³/mol. The van der Waals surface area contributed by atoms with E-state index in [4.69, 9.17) is 11.6 Å². The van der Waals surface area contributed by atoms with Gasteiger partial charge in [0.15, 0.2) is 0 Å². The molecule has 60 valence electrons. The average molecular weight is 163 g/mol. The van der Waals surface area contributed by atoms with Gasteiger partial charge in [0.1, 0.15) is 0 Å². The molecule has 1 nitrogen and oxygen atoms in total. The van der Waals surface area contributed by atoms with Gasteiger partial charge < -0.3 is 5.11 Å². The minimum Gasteiger partial charge on any atom is -0.389 e. The number of halogens is 1. The zero-order chi connectivity index (χ0) is 8.04. The number of allylic oxidation sites excluding steroid dienone is 1. The van der Waals surface area contributed by atoms with E-state index >= 15 is 0 Å². The zero-order valence-electron chi connectivity index (χ0n) is 6.44. The van der Waals surface area contributed by atoms with E-state index in [1.54, 1.807) is 6.92 Å². The molecule has 0 aliphatic carbocycles. The van der Waals surface area contributed by atoms with Crippen LogP contribution in [0.4, 0.5) is 0 Å². The Hall–Kier alpha value is -0.0100. The second-order valence-electron chi connectivity index (χ2n) is 2.81. The van der Waals surface area contributed by atoms with Gasteiger partial charge in [0.2, 0.25) is 0 Å². The van der Waals surface area contributed by atoms with Crippen molar-refractivity contribution in [1.82, 2.24) is 0 Å². The van der Waals surface area contributed by atoms with E-state index in [1.165, 1.54) is 0 Å². The van der Waals surface area contributed by atoms with Crippen molar-refractivity contribution in [2.75, 3.05) is 5.88 Å². The largest absolute Gasteiger partial charge is 0.389 e. The summed E-state index contributed by atoms with van der Waals surface area (Å²) in [5.41, 5.74) is -0.690. The van der Waals surface area contributed by atoms with Crippen LogP contribution in [0.3, 0.4) is 0 Å². The van der Waals surface area contributed by atoms with Gasteiger partial charge in [-0.2, -0.15) is 0 Å². The Kier molecular flexibility index (Phi) is 4.75. The first-order chi connectivity index (χ1) is 4.62. The van der Waals surface area contributed by atoms with Crippen LogP contribution in [-0.2, 0) is 0 Å². The van der Waals surface area contributed by atoms with Gasteiger partial charge in [-0.1, -0.05) is 6.08 Å². The Labute approximate surface area is 67.7 Å². The first-order valence-corrected chi connectivity index (χ1v) is 4.05. The van der Waals surface area contributed by atoms with Crippen LogP contribution in [0.2, 0.25) is 0 Å². The van der Waals surface area contributed by atoms with Crippen molar-refractivity contribution in [2.45, 2.75) is 31.8 Å². The molecule has 0 aliphatic heterocycles. The molecule has 0 bridgehead atoms. The van der Waals surface area contributed by atoms with E-state index in [1.807, 2.05) is 6.08 Å². The minimum absolute atomic E-state index is 0.310. The van der Waals surface area contributed by atoms with E-state index in [0.717, 1.165) is 19.3 Å². The van der Waals surface area contributed by atoms with Crippen LogP contribution in [0.1, 0.15) is 26.2 Å². The minimum atomic E-state index is -0.690. The van der Waals surface area contributed by atoms with Gasteiger partial charge in [-0.3, -0.25) is 0 Å². The molecule has 0 aromatic carbocycles. The van der Waals surface area contributed by atoms with Crippen LogP contribution in [-0.4, -0.2) is 16.6 Å². The van der Waals surface area contributed by atoms with Gasteiger partial charge in [0.05, 0.1) is 11.5 Å². The van der Waals surface area contributed by atoms with E-state index in [2.05, 4.69) is 6.58 Å². The summed E-state index contributed by atoms with van der Waals surface area (Å²) in [5.74, 6) is 0.310. The molecule has 0 saturated carbocycles. The Bertz CT molecular complexity index is 99.4. The lowest BCUT2D eigenvalue weighted by Crippen LogP contribution is -2.25. The lowest BCUT2D eigenvalue weighted by atomic mass is 10.0. The molecule has 0 amide bonds. The number of rotatable bonds is 5. The third kappa shape index (κ3) is 4.83. The lowest BCUT2D eigenvalue weighted by Gasteiger charge is -2.18. The fourth-order valence-corrected chi connectivity index (χ4v) is 0.828. The van der Waals surface area contributed by atoms with Gasteiger partial charge >= 0.3 is 0 Å². The van der Waals surface area contributed by atoms with Crippen LogP contribution < -0.4 is 0 Å². The van der Waals surface area contributed by atoms with Crippen LogP contribution in [0.15, 0.2) is 12.7 Å². The van der Waals surface area contributed by atoms with E-state index in [9.17, 15) is 5.11 Å². The highest BCUT2D eigenvalue weighted by atomic mass is 35.5. The Morgan fingerprint density at radius 1 is 1.70 bits per heavy atom. The van der Waals surface area contributed by atoms with Crippen LogP contribution in [0.25, 0.3) is 0 Å². The summed E-state index contributed by atoms with van der Waals surface area (Å²) in [6.45, 7) is 5.34. The zero-order valence-corrected chi connectivity index (χ0v) is 7.19. The van der Waals surface area contributed by atoms with Crippen molar-refractivity contribution in [1.29, 1.82) is 0 Å². The molecule has 10 heavy (non-hydrogen) atoms. The van der Waals surface area contributed by atoms with Crippen molar-refractivity contribution in [3.05, 3.63) is 12.7 Å². The summed E-state index contributed by atoms with van der Waals surface area (Å²) in [6.07, 6.45) is 4.52. The van der Waals surface area contributed by atoms with Crippen LogP contribution in [0, 0.1) is 0 Å². The molecule has 0 spiro atoms. The fourth-order valence-electron chi connectivity index (χ4n) is 0.694. The number of hydrogen-bond donors (Lipinski definition) is 1. The molecule has 0 heterocycles. The highest BCUT2D eigenvalue weighted by Gasteiger charge is 2.16. The molecule has 0 saturated heterocycles. The van der Waals surface area contributed by atoms with Gasteiger partial charge in [-0.05, 0) is 26.2 Å². The maximum atomic E-state index is 9.38. The molecule has 0 aliphatic rings. The summed E-state index contributed by atoms with van der Waals surface area (Å²) in [5, 5.41) is 9.38. The van der Waals surface area contributed by atoms with Crippen molar-refractivity contribution in [3.8, 4) is 0 Å². The maximum absolute atomic E-state index is 9.38. The van der Waals surface area contributed by atoms with E-state index in [0.29, 0.717) is 5.88 Å². The smallest absolute Gasteiger partial charge is 0.0754 e. The fraction of sp³-hybridized carbons (Fsp3) is 0.750. The Morgan fingerprint density at radius 3 is 2.70 bits per heavy atom. The molecule has 1 N–H and O–H groups in total. The summed E-state index contributed by atoms with van der Waals surface area (Å²) >= 11 is 5.50. The molecule has 1 atom stereocenters. The second-order valence-corrected chi connectivity index (χ2v) is 3.08. The molecular formula is C8H15ClO. The quantitative estimate of drug-likeness (QED) is 0.374. The predicted octanol–water partition coefficient (Wildman–Crippen LogP) is 2.33. The molecule has 0 aromatic heterocycles. The second kappa shape index (κ2) is 4.75. The van der Waals surface area contributed by atoms with Gasteiger partial charge in [0.25, 0.3) is 0 Å². The van der Waals surface area contributed by atoms with Crippen molar-refractivity contribution in [2.24, 2.45) is 0 Å². The SMILES string of the molecule is C=CCCCC(C)(O)CCl. The Balaban J connectivity index is 3.36. The third-order valence-corrected chi connectivity index (χ3v) is 1.99. The van der Waals surface area contributed by atoms with Crippen LogP contribution in [0.5, 0.6) is 0 Å². The van der Waals surface area contributed by atoms with Crippen molar-refractivity contribution < 1.29 is 5.11 Å². The van der Waals surface area contributed by atoms with Gasteiger partial charge in [-0.25, -0.2) is 0 Å². The highest BCUT2D eigenvalue weighted by molar-refractivity contribution is 6.18. The Morgan fingerprint density at radius 2 is 2.30 bits per heavy atom. The summed E-state index contributed by atoms with van der Waals surface area (Å²) in [6, 6.07) is 0. The molecule has 0 rings (SSSR count). The highest BCUT2D eigenvalue weighted by Crippen LogP contribution is 2.14. The number of unbranched alkanes of at least 4 members (excludes halogenated alkanes) is 1. The summed E-state index contributed by atoms with van der Waals surface area (Å²) < 4.78 is 0. The molecule has 2 heteroatoms. The molecular weight excluding hydrogens is 148 g/mol. The molecule has 0 fully saturated rings. The van der Waals surface area contributed by atoms with Gasteiger partial charge in [0, 0.05) is 0 Å². The topological polar surface area (TPSA) is 20.2 Å². The number of aliphatic hydroxyl groups is 1. The summed E-state index contributed by atoms with van der Waals surface area (Å²) in [7, 11) is 0. The van der Waals surface area contributed by atoms with E-state index < -0.39 is 5.60 Å². The third-order valence-electron chi connectivity index (χ3n) is 1.41. The van der Waals surface area contributed by atoms with E-state index in [-0.39, 0.29) is 0 Å². The number of alkyl halides is 1. The van der Waals surface area contributed by atoms with Crippen molar-refractivity contribution >= 4 is 11.6 Å². The first kappa shape index (κ1) is 9.99.